The van der Waals surface area contributed by atoms with Gasteiger partial charge in [-0.05, 0) is 49.2 Å². The molecule has 1 fully saturated rings. The number of hydrogen-bond donors (Lipinski definition) is 2. The van der Waals surface area contributed by atoms with E-state index in [1.165, 1.54) is 16.4 Å². The van der Waals surface area contributed by atoms with Crippen LogP contribution in [0.2, 0.25) is 0 Å². The first-order valence-electron chi connectivity index (χ1n) is 9.28. The standard InChI is InChI=1S/C20H22BrN3O4S/c21-15-8-10-16(11-9-15)23-19(25)12-13-22-20(26)18-7-4-14-24(18)29(27,28)17-5-2-1-3-6-17/h1-3,5-6,8-11,18H,4,7,12-14H2,(H,22,26)(H,23,25). The van der Waals surface area contributed by atoms with Crippen LogP contribution < -0.4 is 10.6 Å². The Morgan fingerprint density at radius 3 is 2.45 bits per heavy atom. The van der Waals surface area contributed by atoms with Crippen LogP contribution in [0.4, 0.5) is 5.69 Å². The van der Waals surface area contributed by atoms with Crippen LogP contribution >= 0.6 is 15.9 Å². The molecule has 3 rings (SSSR count). The molecule has 154 valence electrons. The van der Waals surface area contributed by atoms with Gasteiger partial charge in [-0.1, -0.05) is 34.1 Å². The van der Waals surface area contributed by atoms with Gasteiger partial charge < -0.3 is 10.6 Å². The van der Waals surface area contributed by atoms with Crippen molar-refractivity contribution in [2.75, 3.05) is 18.4 Å². The average Bonchev–Trinajstić information content (AvgIpc) is 3.21. The number of nitrogens with zero attached hydrogens (tertiary/aromatic N) is 1. The van der Waals surface area contributed by atoms with E-state index in [2.05, 4.69) is 26.6 Å². The highest BCUT2D eigenvalue weighted by Crippen LogP contribution is 2.26. The zero-order valence-electron chi connectivity index (χ0n) is 15.7. The third kappa shape index (κ3) is 5.43. The first-order chi connectivity index (χ1) is 13.9. The SMILES string of the molecule is O=C(CCNC(=O)C1CCCN1S(=O)(=O)c1ccccc1)Nc1ccc(Br)cc1. The van der Waals surface area contributed by atoms with E-state index in [9.17, 15) is 18.0 Å². The molecule has 0 spiro atoms. The third-order valence-corrected chi connectivity index (χ3v) is 7.09. The number of carbonyl (C=O) groups excluding carboxylic acids is 2. The summed E-state index contributed by atoms with van der Waals surface area (Å²) < 4.78 is 27.8. The molecule has 1 heterocycles. The molecule has 9 heteroatoms. The van der Waals surface area contributed by atoms with Crippen molar-refractivity contribution >= 4 is 43.5 Å². The summed E-state index contributed by atoms with van der Waals surface area (Å²) in [5.41, 5.74) is 0.667. The average molecular weight is 480 g/mol. The molecule has 1 atom stereocenters. The van der Waals surface area contributed by atoms with Crippen molar-refractivity contribution in [1.29, 1.82) is 0 Å². The van der Waals surface area contributed by atoms with Gasteiger partial charge in [-0.3, -0.25) is 9.59 Å². The van der Waals surface area contributed by atoms with Crippen molar-refractivity contribution in [1.82, 2.24) is 9.62 Å². The Balaban J connectivity index is 1.53. The van der Waals surface area contributed by atoms with Crippen LogP contribution in [0, 0.1) is 0 Å². The van der Waals surface area contributed by atoms with E-state index in [-0.39, 0.29) is 29.7 Å². The molecule has 2 N–H and O–H groups in total. The van der Waals surface area contributed by atoms with E-state index in [1.807, 2.05) is 12.1 Å². The molecule has 0 saturated carbocycles. The molecule has 29 heavy (non-hydrogen) atoms. The number of amides is 2. The molecule has 7 nitrogen and oxygen atoms in total. The Bertz CT molecular complexity index is 965. The maximum absolute atomic E-state index is 12.8. The van der Waals surface area contributed by atoms with Gasteiger partial charge in [0.15, 0.2) is 0 Å². The van der Waals surface area contributed by atoms with Crippen molar-refractivity contribution in [2.45, 2.75) is 30.2 Å². The Kier molecular flexibility index (Phi) is 7.05. The van der Waals surface area contributed by atoms with E-state index in [0.717, 1.165) is 4.47 Å². The summed E-state index contributed by atoms with van der Waals surface area (Å²) in [5, 5.41) is 5.44. The second-order valence-electron chi connectivity index (χ2n) is 6.68. The molecule has 0 bridgehead atoms. The number of anilines is 1. The van der Waals surface area contributed by atoms with Crippen molar-refractivity contribution in [3.8, 4) is 0 Å². The second-order valence-corrected chi connectivity index (χ2v) is 9.49. The van der Waals surface area contributed by atoms with Gasteiger partial charge in [-0.2, -0.15) is 4.31 Å². The zero-order chi connectivity index (χ0) is 20.9. The highest BCUT2D eigenvalue weighted by Gasteiger charge is 2.39. The lowest BCUT2D eigenvalue weighted by Crippen LogP contribution is -2.46. The summed E-state index contributed by atoms with van der Waals surface area (Å²) in [6.45, 7) is 0.441. The lowest BCUT2D eigenvalue weighted by molar-refractivity contribution is -0.124. The molecule has 2 aromatic rings. The van der Waals surface area contributed by atoms with Crippen LogP contribution in [0.25, 0.3) is 0 Å². The molecular formula is C20H22BrN3O4S. The van der Waals surface area contributed by atoms with Gasteiger partial charge in [-0.25, -0.2) is 8.42 Å². The second kappa shape index (κ2) is 9.51. The first kappa shape index (κ1) is 21.5. The van der Waals surface area contributed by atoms with Gasteiger partial charge in [0.1, 0.15) is 6.04 Å². The predicted octanol–water partition coefficient (Wildman–Crippen LogP) is 2.75. The fourth-order valence-corrected chi connectivity index (χ4v) is 5.13. The van der Waals surface area contributed by atoms with Gasteiger partial charge >= 0.3 is 0 Å². The van der Waals surface area contributed by atoms with Gasteiger partial charge in [-0.15, -0.1) is 0 Å². The first-order valence-corrected chi connectivity index (χ1v) is 11.5. The summed E-state index contributed by atoms with van der Waals surface area (Å²) in [4.78, 5) is 24.8. The van der Waals surface area contributed by atoms with Crippen LogP contribution in [-0.2, 0) is 19.6 Å². The van der Waals surface area contributed by atoms with Gasteiger partial charge in [0.25, 0.3) is 0 Å². The molecular weight excluding hydrogens is 458 g/mol. The highest BCUT2D eigenvalue weighted by molar-refractivity contribution is 9.10. The monoisotopic (exact) mass is 479 g/mol. The number of sulfonamides is 1. The lowest BCUT2D eigenvalue weighted by Gasteiger charge is -2.23. The van der Waals surface area contributed by atoms with Gasteiger partial charge in [0.2, 0.25) is 21.8 Å². The van der Waals surface area contributed by atoms with E-state index in [1.54, 1.807) is 30.3 Å². The minimum Gasteiger partial charge on any atom is -0.354 e. The fraction of sp³-hybridized carbons (Fsp3) is 0.300. The minimum absolute atomic E-state index is 0.0972. The zero-order valence-corrected chi connectivity index (χ0v) is 18.1. The third-order valence-electron chi connectivity index (χ3n) is 4.64. The maximum Gasteiger partial charge on any atom is 0.243 e. The predicted molar refractivity (Wildman–Crippen MR) is 114 cm³/mol. The topological polar surface area (TPSA) is 95.6 Å². The molecule has 1 unspecified atom stereocenters. The van der Waals surface area contributed by atoms with Crippen molar-refractivity contribution in [3.05, 3.63) is 59.1 Å². The van der Waals surface area contributed by atoms with Crippen LogP contribution in [0.1, 0.15) is 19.3 Å². The normalized spacial score (nSPS) is 17.1. The summed E-state index contributed by atoms with van der Waals surface area (Å²) in [7, 11) is -3.73. The molecule has 0 radical (unpaired) electrons. The largest absolute Gasteiger partial charge is 0.354 e. The van der Waals surface area contributed by atoms with Crippen molar-refractivity contribution in [2.24, 2.45) is 0 Å². The quantitative estimate of drug-likeness (QED) is 0.637. The van der Waals surface area contributed by atoms with Crippen LogP contribution in [0.3, 0.4) is 0 Å². The maximum atomic E-state index is 12.8. The van der Waals surface area contributed by atoms with Gasteiger partial charge in [0, 0.05) is 29.7 Å². The Morgan fingerprint density at radius 2 is 1.76 bits per heavy atom. The van der Waals surface area contributed by atoms with E-state index < -0.39 is 16.1 Å². The summed E-state index contributed by atoms with van der Waals surface area (Å²) in [6, 6.07) is 14.5. The smallest absolute Gasteiger partial charge is 0.243 e. The summed E-state index contributed by atoms with van der Waals surface area (Å²) in [5.74, 6) is -0.605. The lowest BCUT2D eigenvalue weighted by atomic mass is 10.2. The van der Waals surface area contributed by atoms with Crippen molar-refractivity contribution < 1.29 is 18.0 Å². The molecule has 2 aromatic carbocycles. The van der Waals surface area contributed by atoms with E-state index in [4.69, 9.17) is 0 Å². The Morgan fingerprint density at radius 1 is 1.07 bits per heavy atom. The van der Waals surface area contributed by atoms with Gasteiger partial charge in [0.05, 0.1) is 4.90 Å². The summed E-state index contributed by atoms with van der Waals surface area (Å²) >= 11 is 3.33. The molecule has 0 aromatic heterocycles. The molecule has 1 aliphatic rings. The van der Waals surface area contributed by atoms with Crippen LogP contribution in [0.5, 0.6) is 0 Å². The highest BCUT2D eigenvalue weighted by atomic mass is 79.9. The molecule has 1 aliphatic heterocycles. The Labute approximate surface area is 178 Å². The number of hydrogen-bond acceptors (Lipinski definition) is 4. The number of carbonyl (C=O) groups is 2. The minimum atomic E-state index is -3.73. The fourth-order valence-electron chi connectivity index (χ4n) is 3.19. The number of rotatable bonds is 7. The Hall–Kier alpha value is -2.23. The number of benzene rings is 2. The van der Waals surface area contributed by atoms with Crippen LogP contribution in [0.15, 0.2) is 64.0 Å². The van der Waals surface area contributed by atoms with Crippen molar-refractivity contribution in [3.63, 3.8) is 0 Å². The van der Waals surface area contributed by atoms with E-state index in [0.29, 0.717) is 25.1 Å². The summed E-state index contributed by atoms with van der Waals surface area (Å²) in [6.07, 6.45) is 1.18. The number of halogens is 1. The number of nitrogens with one attached hydrogen (secondary N) is 2. The molecule has 0 aliphatic carbocycles. The molecule has 2 amide bonds. The van der Waals surface area contributed by atoms with E-state index >= 15 is 0 Å². The molecule has 1 saturated heterocycles. The van der Waals surface area contributed by atoms with Crippen LogP contribution in [-0.4, -0.2) is 43.7 Å².